The Morgan fingerprint density at radius 2 is 2.29 bits per heavy atom. The first-order chi connectivity index (χ1) is 8.24. The van der Waals surface area contributed by atoms with Crippen LogP contribution >= 0.6 is 15.9 Å². The van der Waals surface area contributed by atoms with E-state index in [1.807, 2.05) is 10.9 Å². The highest BCUT2D eigenvalue weighted by Gasteiger charge is 2.33. The van der Waals surface area contributed by atoms with Gasteiger partial charge in [-0.1, -0.05) is 0 Å². The van der Waals surface area contributed by atoms with Crippen molar-refractivity contribution in [2.24, 2.45) is 0 Å². The van der Waals surface area contributed by atoms with Crippen LogP contribution < -0.4 is 0 Å². The van der Waals surface area contributed by atoms with Crippen molar-refractivity contribution in [2.45, 2.75) is 6.04 Å². The van der Waals surface area contributed by atoms with E-state index in [9.17, 15) is 4.79 Å². The predicted octanol–water partition coefficient (Wildman–Crippen LogP) is 1.07. The van der Waals surface area contributed by atoms with Crippen molar-refractivity contribution < 1.29 is 4.79 Å². The number of carbonyl (C=O) groups excluding carboxylic acids is 1. The molecule has 6 nitrogen and oxygen atoms in total. The smallest absolute Gasteiger partial charge is 0.257 e. The zero-order chi connectivity index (χ0) is 11.8. The molecule has 1 aliphatic heterocycles. The summed E-state index contributed by atoms with van der Waals surface area (Å²) in [6.07, 6.45) is 6.82. The molecule has 0 atom stereocenters. The summed E-state index contributed by atoms with van der Waals surface area (Å²) < 4.78 is 2.83. The zero-order valence-electron chi connectivity index (χ0n) is 8.88. The fourth-order valence-electron chi connectivity index (χ4n) is 1.85. The lowest BCUT2D eigenvalue weighted by molar-refractivity contribution is 0.0501. The van der Waals surface area contributed by atoms with E-state index in [0.717, 1.165) is 4.47 Å². The Morgan fingerprint density at radius 3 is 2.88 bits per heavy atom. The van der Waals surface area contributed by atoms with E-state index in [-0.39, 0.29) is 11.9 Å². The van der Waals surface area contributed by atoms with Crippen molar-refractivity contribution in [1.29, 1.82) is 0 Å². The number of aromatic amines is 1. The van der Waals surface area contributed by atoms with Gasteiger partial charge in [-0.25, -0.2) is 0 Å². The number of likely N-dealkylation sites (tertiary alicyclic amines) is 1. The van der Waals surface area contributed by atoms with E-state index in [1.54, 1.807) is 23.5 Å². The quantitative estimate of drug-likeness (QED) is 0.901. The van der Waals surface area contributed by atoms with E-state index in [2.05, 4.69) is 31.2 Å². The number of nitrogens with one attached hydrogen (secondary N) is 1. The van der Waals surface area contributed by atoms with Gasteiger partial charge >= 0.3 is 0 Å². The molecule has 0 spiro atoms. The Bertz CT molecular complexity index is 529. The number of halogens is 1. The third-order valence-electron chi connectivity index (χ3n) is 2.84. The minimum Gasteiger partial charge on any atom is -0.334 e. The van der Waals surface area contributed by atoms with Crippen LogP contribution in [0.4, 0.5) is 0 Å². The SMILES string of the molecule is O=C(c1cn[nH]c1)N1CC(n2cc(Br)cn2)C1. The lowest BCUT2D eigenvalue weighted by atomic mass is 10.1. The van der Waals surface area contributed by atoms with Gasteiger partial charge in [-0.05, 0) is 15.9 Å². The van der Waals surface area contributed by atoms with Crippen LogP contribution in [0.15, 0.2) is 29.3 Å². The average Bonchev–Trinajstić information content (AvgIpc) is 2.86. The van der Waals surface area contributed by atoms with Crippen LogP contribution in [-0.2, 0) is 0 Å². The number of rotatable bonds is 2. The Hall–Kier alpha value is -1.63. The molecular weight excluding hydrogens is 286 g/mol. The first-order valence-electron chi connectivity index (χ1n) is 5.22. The summed E-state index contributed by atoms with van der Waals surface area (Å²) in [5.74, 6) is 0.0150. The predicted molar refractivity (Wildman–Crippen MR) is 63.5 cm³/mol. The van der Waals surface area contributed by atoms with E-state index >= 15 is 0 Å². The average molecular weight is 296 g/mol. The Kier molecular flexibility index (Phi) is 2.47. The van der Waals surface area contributed by atoms with Crippen LogP contribution in [0.3, 0.4) is 0 Å². The van der Waals surface area contributed by atoms with Gasteiger partial charge < -0.3 is 4.90 Å². The maximum Gasteiger partial charge on any atom is 0.257 e. The molecule has 0 unspecified atom stereocenters. The molecule has 0 aromatic carbocycles. The van der Waals surface area contributed by atoms with Crippen LogP contribution in [0.5, 0.6) is 0 Å². The second-order valence-corrected chi connectivity index (χ2v) is 4.91. The van der Waals surface area contributed by atoms with E-state index in [1.165, 1.54) is 0 Å². The monoisotopic (exact) mass is 295 g/mol. The first-order valence-corrected chi connectivity index (χ1v) is 6.01. The van der Waals surface area contributed by atoms with Crippen LogP contribution in [0.1, 0.15) is 16.4 Å². The summed E-state index contributed by atoms with van der Waals surface area (Å²) in [7, 11) is 0. The molecule has 0 saturated carbocycles. The van der Waals surface area contributed by atoms with Crippen LogP contribution in [0.2, 0.25) is 0 Å². The molecule has 0 bridgehead atoms. The second-order valence-electron chi connectivity index (χ2n) is 3.99. The Labute approximate surface area is 106 Å². The maximum absolute atomic E-state index is 11.9. The van der Waals surface area contributed by atoms with Gasteiger partial charge in [-0.2, -0.15) is 10.2 Å². The third kappa shape index (κ3) is 1.86. The van der Waals surface area contributed by atoms with Gasteiger partial charge in [0.2, 0.25) is 0 Å². The van der Waals surface area contributed by atoms with Crippen molar-refractivity contribution in [3.05, 3.63) is 34.8 Å². The molecule has 1 amide bonds. The minimum absolute atomic E-state index is 0.0150. The molecule has 1 fully saturated rings. The Morgan fingerprint density at radius 1 is 1.47 bits per heavy atom. The van der Waals surface area contributed by atoms with Crippen molar-refractivity contribution in [3.8, 4) is 0 Å². The van der Waals surface area contributed by atoms with Crippen molar-refractivity contribution in [1.82, 2.24) is 24.9 Å². The highest BCUT2D eigenvalue weighted by Crippen LogP contribution is 2.23. The summed E-state index contributed by atoms with van der Waals surface area (Å²) in [6, 6.07) is 0.275. The molecule has 1 aliphatic rings. The molecular formula is C10H10BrN5O. The van der Waals surface area contributed by atoms with Gasteiger partial charge in [0.05, 0.1) is 28.5 Å². The van der Waals surface area contributed by atoms with E-state index in [4.69, 9.17) is 0 Å². The molecule has 0 aliphatic carbocycles. The number of amides is 1. The standard InChI is InChI=1S/C10H10BrN5O/c11-8-3-14-16(4-8)9-5-15(6-9)10(17)7-1-12-13-2-7/h1-4,9H,5-6H2,(H,12,13). The summed E-state index contributed by atoms with van der Waals surface area (Å²) in [6.45, 7) is 1.39. The highest BCUT2D eigenvalue weighted by atomic mass is 79.9. The summed E-state index contributed by atoms with van der Waals surface area (Å²) in [5.41, 5.74) is 0.602. The Balaban J connectivity index is 1.63. The lowest BCUT2D eigenvalue weighted by Crippen LogP contribution is -2.50. The molecule has 3 rings (SSSR count). The number of nitrogens with zero attached hydrogens (tertiary/aromatic N) is 4. The number of H-pyrrole nitrogens is 1. The molecule has 7 heteroatoms. The van der Waals surface area contributed by atoms with Crippen LogP contribution in [0, 0.1) is 0 Å². The molecule has 2 aromatic heterocycles. The van der Waals surface area contributed by atoms with E-state index < -0.39 is 0 Å². The van der Waals surface area contributed by atoms with Gasteiger partial charge in [0.15, 0.2) is 0 Å². The van der Waals surface area contributed by atoms with Gasteiger partial charge in [-0.3, -0.25) is 14.6 Å². The minimum atomic E-state index is 0.0150. The van der Waals surface area contributed by atoms with Crippen LogP contribution in [-0.4, -0.2) is 43.9 Å². The molecule has 88 valence electrons. The van der Waals surface area contributed by atoms with Crippen molar-refractivity contribution in [2.75, 3.05) is 13.1 Å². The number of aromatic nitrogens is 4. The van der Waals surface area contributed by atoms with Crippen molar-refractivity contribution >= 4 is 21.8 Å². The fourth-order valence-corrected chi connectivity index (χ4v) is 2.15. The van der Waals surface area contributed by atoms with Gasteiger partial charge in [0.25, 0.3) is 5.91 Å². The summed E-state index contributed by atoms with van der Waals surface area (Å²) in [4.78, 5) is 13.7. The fraction of sp³-hybridized carbons (Fsp3) is 0.300. The largest absolute Gasteiger partial charge is 0.334 e. The highest BCUT2D eigenvalue weighted by molar-refractivity contribution is 9.10. The second kappa shape index (κ2) is 3.99. The number of hydrogen-bond donors (Lipinski definition) is 1. The normalized spacial score (nSPS) is 15.9. The lowest BCUT2D eigenvalue weighted by Gasteiger charge is -2.38. The van der Waals surface area contributed by atoms with Crippen LogP contribution in [0.25, 0.3) is 0 Å². The van der Waals surface area contributed by atoms with Gasteiger partial charge in [0.1, 0.15) is 0 Å². The first kappa shape index (κ1) is 10.5. The topological polar surface area (TPSA) is 66.8 Å². The molecule has 17 heavy (non-hydrogen) atoms. The third-order valence-corrected chi connectivity index (χ3v) is 3.25. The van der Waals surface area contributed by atoms with Crippen molar-refractivity contribution in [3.63, 3.8) is 0 Å². The van der Waals surface area contributed by atoms with Gasteiger partial charge in [0, 0.05) is 25.5 Å². The molecule has 2 aromatic rings. The molecule has 1 saturated heterocycles. The van der Waals surface area contributed by atoms with E-state index in [0.29, 0.717) is 18.7 Å². The molecule has 0 radical (unpaired) electrons. The molecule has 3 heterocycles. The maximum atomic E-state index is 11.9. The molecule has 1 N–H and O–H groups in total. The summed E-state index contributed by atoms with van der Waals surface area (Å²) in [5, 5.41) is 10.6. The number of hydrogen-bond acceptors (Lipinski definition) is 3. The number of carbonyl (C=O) groups is 1. The summed E-state index contributed by atoms with van der Waals surface area (Å²) >= 11 is 3.35. The van der Waals surface area contributed by atoms with Gasteiger partial charge in [-0.15, -0.1) is 0 Å². The zero-order valence-corrected chi connectivity index (χ0v) is 10.5.